The van der Waals surface area contributed by atoms with Crippen molar-refractivity contribution in [2.45, 2.75) is 24.7 Å². The zero-order valence-corrected chi connectivity index (χ0v) is 29.3. The number of H-pyrrole nitrogens is 2. The topological polar surface area (TPSA) is 186 Å². The summed E-state index contributed by atoms with van der Waals surface area (Å²) < 4.78 is 73.8. The van der Waals surface area contributed by atoms with Crippen LogP contribution in [0.2, 0.25) is 0 Å². The molecule has 0 radical (unpaired) electrons. The number of carbonyl (C=O) groups excluding carboxylic acids is 2. The summed E-state index contributed by atoms with van der Waals surface area (Å²) in [5.74, 6) is -1.52. The highest BCUT2D eigenvalue weighted by Gasteiger charge is 2.32. The molecule has 6 N–H and O–H groups in total. The van der Waals surface area contributed by atoms with Gasteiger partial charge in [-0.15, -0.1) is 0 Å². The first-order valence-corrected chi connectivity index (χ1v) is 20.1. The molecule has 0 saturated carbocycles. The summed E-state index contributed by atoms with van der Waals surface area (Å²) in [6.45, 7) is 0. The number of benzene rings is 4. The quantitative estimate of drug-likeness (QED) is 0.163. The van der Waals surface area contributed by atoms with Crippen molar-refractivity contribution in [3.63, 3.8) is 0 Å². The molecule has 2 aromatic heterocycles. The van der Waals surface area contributed by atoms with Crippen LogP contribution in [0.25, 0.3) is 44.1 Å². The number of aromatic amines is 2. The van der Waals surface area contributed by atoms with E-state index in [1.165, 1.54) is 24.3 Å². The lowest BCUT2D eigenvalue weighted by atomic mass is 9.94. The van der Waals surface area contributed by atoms with Gasteiger partial charge >= 0.3 is 0 Å². The maximum atomic E-state index is 13.2. The van der Waals surface area contributed by atoms with E-state index in [1.54, 1.807) is 48.8 Å². The molecule has 0 spiro atoms. The van der Waals surface area contributed by atoms with Gasteiger partial charge in [0.05, 0.1) is 45.2 Å². The second-order valence-corrected chi connectivity index (χ2v) is 17.8. The summed E-state index contributed by atoms with van der Waals surface area (Å²) in [5, 5.41) is 1.56. The van der Waals surface area contributed by atoms with Crippen LogP contribution in [0.3, 0.4) is 0 Å². The summed E-state index contributed by atoms with van der Waals surface area (Å²) in [6, 6.07) is 19.1. The van der Waals surface area contributed by atoms with Crippen molar-refractivity contribution >= 4 is 53.3 Å². The number of halogens is 2. The lowest BCUT2D eigenvalue weighted by molar-refractivity contribution is 0.0993. The minimum absolute atomic E-state index is 0.104. The zero-order chi connectivity index (χ0) is 36.9. The van der Waals surface area contributed by atoms with Crippen molar-refractivity contribution in [2.75, 3.05) is 23.0 Å². The maximum Gasteiger partial charge on any atom is 0.250 e. The molecule has 2 aliphatic rings. The Hall–Kier alpha value is -5.34. The number of hydrogen-bond donors (Lipinski definition) is 4. The molecule has 268 valence electrons. The van der Waals surface area contributed by atoms with Crippen LogP contribution < -0.4 is 11.5 Å². The number of rotatable bonds is 6. The fourth-order valence-corrected chi connectivity index (χ4v) is 10.8. The lowest BCUT2D eigenvalue weighted by Crippen LogP contribution is -2.11. The highest BCUT2D eigenvalue weighted by Crippen LogP contribution is 2.38. The number of carbonyl (C=O) groups is 2. The van der Waals surface area contributed by atoms with Gasteiger partial charge in [0, 0.05) is 35.0 Å². The zero-order valence-electron chi connectivity index (χ0n) is 27.7. The fourth-order valence-electron chi connectivity index (χ4n) is 7.27. The smallest absolute Gasteiger partial charge is 0.250 e. The molecule has 2 amide bonds. The standard InChI is InChI=1S/2C19H17FN2O3S/c2*20-14-3-1-11(2-4-14)13-7-15-17(12-5-6-26(24,25)10-12)9-22-18(15)16(8-13)19(21)23/h2*1-4,7-9,12,22H,5-6,10H2,(H2,21,23)/t2*12-/m10/s1. The van der Waals surface area contributed by atoms with E-state index in [9.17, 15) is 35.2 Å². The Morgan fingerprint density at radius 3 is 1.25 bits per heavy atom. The van der Waals surface area contributed by atoms with Crippen LogP contribution in [0.4, 0.5) is 8.78 Å². The van der Waals surface area contributed by atoms with Crippen LogP contribution in [-0.4, -0.2) is 61.6 Å². The molecule has 4 heterocycles. The molecule has 6 aromatic rings. The number of nitrogens with two attached hydrogens (primary N) is 2. The average molecular weight is 745 g/mol. The third kappa shape index (κ3) is 6.95. The van der Waals surface area contributed by atoms with Crippen molar-refractivity contribution in [1.29, 1.82) is 0 Å². The monoisotopic (exact) mass is 744 g/mol. The molecule has 52 heavy (non-hydrogen) atoms. The summed E-state index contributed by atoms with van der Waals surface area (Å²) in [7, 11) is -6.06. The average Bonchev–Trinajstić information content (AvgIpc) is 3.89. The van der Waals surface area contributed by atoms with E-state index in [-0.39, 0.29) is 46.5 Å². The third-order valence-corrected chi connectivity index (χ3v) is 13.4. The van der Waals surface area contributed by atoms with Gasteiger partial charge in [0.2, 0.25) is 0 Å². The van der Waals surface area contributed by atoms with E-state index >= 15 is 0 Å². The molecule has 2 saturated heterocycles. The molecule has 10 nitrogen and oxygen atoms in total. The molecule has 0 bridgehead atoms. The van der Waals surface area contributed by atoms with E-state index in [0.29, 0.717) is 35.0 Å². The van der Waals surface area contributed by atoms with Gasteiger partial charge in [-0.05, 0) is 94.8 Å². The number of aromatic nitrogens is 2. The molecule has 0 unspecified atom stereocenters. The van der Waals surface area contributed by atoms with Crippen molar-refractivity contribution in [2.24, 2.45) is 11.5 Å². The Kier molecular flexibility index (Phi) is 8.99. The minimum Gasteiger partial charge on any atom is -0.366 e. The van der Waals surface area contributed by atoms with Crippen LogP contribution >= 0.6 is 0 Å². The lowest BCUT2D eigenvalue weighted by Gasteiger charge is -2.10. The molecule has 0 aliphatic carbocycles. The Labute approximate surface area is 298 Å². The van der Waals surface area contributed by atoms with Gasteiger partial charge in [0.25, 0.3) is 11.8 Å². The molecular formula is C38H34F2N4O6S2. The van der Waals surface area contributed by atoms with Crippen LogP contribution in [0.1, 0.15) is 56.5 Å². The summed E-state index contributed by atoms with van der Waals surface area (Å²) in [4.78, 5) is 30.0. The van der Waals surface area contributed by atoms with Gasteiger partial charge in [-0.1, -0.05) is 24.3 Å². The Bertz CT molecular complexity index is 2420. The van der Waals surface area contributed by atoms with E-state index in [2.05, 4.69) is 9.97 Å². The first-order chi connectivity index (χ1) is 24.7. The largest absolute Gasteiger partial charge is 0.366 e. The van der Waals surface area contributed by atoms with Crippen molar-refractivity contribution in [1.82, 2.24) is 9.97 Å². The molecule has 8 rings (SSSR count). The number of primary amides is 2. The molecule has 2 aliphatic heterocycles. The van der Waals surface area contributed by atoms with E-state index < -0.39 is 31.5 Å². The van der Waals surface area contributed by atoms with E-state index in [1.807, 2.05) is 12.1 Å². The van der Waals surface area contributed by atoms with Crippen LogP contribution in [0.5, 0.6) is 0 Å². The molecule has 2 fully saturated rings. The van der Waals surface area contributed by atoms with Gasteiger partial charge in [-0.3, -0.25) is 9.59 Å². The Morgan fingerprint density at radius 1 is 0.577 bits per heavy atom. The highest BCUT2D eigenvalue weighted by molar-refractivity contribution is 7.91. The Morgan fingerprint density at radius 2 is 0.942 bits per heavy atom. The third-order valence-electron chi connectivity index (χ3n) is 9.87. The van der Waals surface area contributed by atoms with Crippen molar-refractivity contribution in [3.05, 3.63) is 119 Å². The second kappa shape index (κ2) is 13.3. The van der Waals surface area contributed by atoms with Gasteiger partial charge in [-0.25, -0.2) is 25.6 Å². The molecule has 4 aromatic carbocycles. The van der Waals surface area contributed by atoms with Crippen LogP contribution in [0.15, 0.2) is 85.2 Å². The Balaban J connectivity index is 0.000000162. The van der Waals surface area contributed by atoms with Crippen LogP contribution in [0, 0.1) is 11.6 Å². The molecular weight excluding hydrogens is 711 g/mol. The normalized spacial score (nSPS) is 19.0. The van der Waals surface area contributed by atoms with E-state index in [4.69, 9.17) is 11.5 Å². The maximum absolute atomic E-state index is 13.2. The summed E-state index contributed by atoms with van der Waals surface area (Å²) >= 11 is 0. The predicted molar refractivity (Wildman–Crippen MR) is 196 cm³/mol. The number of amides is 2. The van der Waals surface area contributed by atoms with E-state index in [0.717, 1.165) is 44.2 Å². The minimum atomic E-state index is -3.03. The van der Waals surface area contributed by atoms with Gasteiger partial charge in [0.1, 0.15) is 11.6 Å². The summed E-state index contributed by atoms with van der Waals surface area (Å²) in [5.41, 5.74) is 17.6. The first kappa shape index (κ1) is 35.1. The van der Waals surface area contributed by atoms with Gasteiger partial charge < -0.3 is 21.4 Å². The van der Waals surface area contributed by atoms with Gasteiger partial charge in [0.15, 0.2) is 19.7 Å². The number of nitrogens with one attached hydrogen (secondary N) is 2. The number of fused-ring (bicyclic) bond motifs is 2. The molecule has 2 atom stereocenters. The van der Waals surface area contributed by atoms with Crippen molar-refractivity contribution < 1.29 is 35.2 Å². The van der Waals surface area contributed by atoms with Crippen LogP contribution in [-0.2, 0) is 19.7 Å². The second-order valence-electron chi connectivity index (χ2n) is 13.3. The molecule has 14 heteroatoms. The SMILES string of the molecule is NC(=O)c1cc(-c2ccc(F)cc2)cc2c([C@@H]3CCS(=O)(=O)C3)c[nH]c12.NC(=O)c1cc(-c2ccc(F)cc2)cc2c([C@H]3CCS(=O)(=O)C3)c[nH]c12. The number of sulfone groups is 2. The summed E-state index contributed by atoms with van der Waals surface area (Å²) in [6.07, 6.45) is 4.64. The van der Waals surface area contributed by atoms with Gasteiger partial charge in [-0.2, -0.15) is 0 Å². The van der Waals surface area contributed by atoms with Crippen molar-refractivity contribution in [3.8, 4) is 22.3 Å². The predicted octanol–water partition coefficient (Wildman–Crippen LogP) is 5.95. The highest BCUT2D eigenvalue weighted by atomic mass is 32.2. The number of hydrogen-bond acceptors (Lipinski definition) is 6. The fraction of sp³-hybridized carbons (Fsp3) is 0.211. The first-order valence-electron chi connectivity index (χ1n) is 16.5.